The number of thiophene rings is 1. The average Bonchev–Trinajstić information content (AvgIpc) is 3.56. The molecule has 1 aromatic heterocycles. The molecule has 4 rings (SSSR count). The Bertz CT molecular complexity index is 1270. The van der Waals surface area contributed by atoms with E-state index in [9.17, 15) is 9.59 Å². The molecule has 1 atom stereocenters. The second kappa shape index (κ2) is 11.0. The molecule has 1 amide bonds. The number of nitrogens with zero attached hydrogens (tertiary/aromatic N) is 2. The van der Waals surface area contributed by atoms with Crippen molar-refractivity contribution < 1.29 is 23.8 Å². The molecule has 0 spiro atoms. The third kappa shape index (κ3) is 5.44. The molecule has 7 nitrogen and oxygen atoms in total. The molecular formula is C27H26N2O5S. The van der Waals surface area contributed by atoms with Gasteiger partial charge in [0.1, 0.15) is 17.9 Å². The van der Waals surface area contributed by atoms with Gasteiger partial charge in [-0.15, -0.1) is 11.3 Å². The first kappa shape index (κ1) is 24.2. The van der Waals surface area contributed by atoms with Crippen molar-refractivity contribution in [2.75, 3.05) is 14.2 Å². The first-order chi connectivity index (χ1) is 17.0. The summed E-state index contributed by atoms with van der Waals surface area (Å²) in [6.07, 6.45) is 2.00. The van der Waals surface area contributed by atoms with Crippen LogP contribution in [-0.4, -0.2) is 36.8 Å². The van der Waals surface area contributed by atoms with E-state index in [1.807, 2.05) is 66.0 Å². The van der Waals surface area contributed by atoms with E-state index in [4.69, 9.17) is 14.2 Å². The SMILES string of the molecule is CO/C=C(\C(=O)OC)c1ccccc1COc1cccc(C2=NN(C(C)=O)C(c3cccs3)C2)c1. The Morgan fingerprint density at radius 3 is 2.66 bits per heavy atom. The van der Waals surface area contributed by atoms with Gasteiger partial charge in [0.2, 0.25) is 5.91 Å². The van der Waals surface area contributed by atoms with Crippen LogP contribution in [0, 0.1) is 0 Å². The summed E-state index contributed by atoms with van der Waals surface area (Å²) in [4.78, 5) is 25.6. The lowest BCUT2D eigenvalue weighted by molar-refractivity contribution is -0.134. The normalized spacial score (nSPS) is 15.5. The van der Waals surface area contributed by atoms with E-state index in [2.05, 4.69) is 5.10 Å². The maximum Gasteiger partial charge on any atom is 0.341 e. The Balaban J connectivity index is 1.54. The van der Waals surface area contributed by atoms with Crippen LogP contribution in [-0.2, 0) is 25.7 Å². The van der Waals surface area contributed by atoms with Crippen molar-refractivity contribution in [3.63, 3.8) is 0 Å². The van der Waals surface area contributed by atoms with Crippen molar-refractivity contribution in [3.05, 3.63) is 93.9 Å². The van der Waals surface area contributed by atoms with E-state index in [0.717, 1.165) is 21.7 Å². The Morgan fingerprint density at radius 2 is 1.94 bits per heavy atom. The van der Waals surface area contributed by atoms with Crippen molar-refractivity contribution >= 4 is 34.5 Å². The van der Waals surface area contributed by atoms with Gasteiger partial charge in [-0.3, -0.25) is 4.79 Å². The molecule has 0 N–H and O–H groups in total. The smallest absolute Gasteiger partial charge is 0.341 e. The zero-order chi connectivity index (χ0) is 24.8. The molecule has 0 aliphatic carbocycles. The lowest BCUT2D eigenvalue weighted by Crippen LogP contribution is -2.23. The van der Waals surface area contributed by atoms with Gasteiger partial charge in [-0.1, -0.05) is 42.5 Å². The Kier molecular flexibility index (Phi) is 7.62. The van der Waals surface area contributed by atoms with Crippen molar-refractivity contribution in [2.45, 2.75) is 26.0 Å². The van der Waals surface area contributed by atoms with Gasteiger partial charge in [0.15, 0.2) is 0 Å². The van der Waals surface area contributed by atoms with Crippen molar-refractivity contribution in [1.29, 1.82) is 0 Å². The summed E-state index contributed by atoms with van der Waals surface area (Å²) in [6.45, 7) is 1.77. The maximum atomic E-state index is 12.3. The molecule has 0 radical (unpaired) electrons. The van der Waals surface area contributed by atoms with Gasteiger partial charge in [0.05, 0.1) is 32.2 Å². The van der Waals surface area contributed by atoms with Crippen LogP contribution >= 0.6 is 11.3 Å². The molecule has 1 aliphatic heterocycles. The van der Waals surface area contributed by atoms with Gasteiger partial charge < -0.3 is 14.2 Å². The Labute approximate surface area is 208 Å². The predicted octanol–water partition coefficient (Wildman–Crippen LogP) is 5.19. The summed E-state index contributed by atoms with van der Waals surface area (Å²) < 4.78 is 16.1. The van der Waals surface area contributed by atoms with Gasteiger partial charge in [-0.25, -0.2) is 9.80 Å². The highest BCUT2D eigenvalue weighted by atomic mass is 32.1. The number of benzene rings is 2. The minimum absolute atomic E-state index is 0.0899. The molecule has 180 valence electrons. The fraction of sp³-hybridized carbons (Fsp3) is 0.222. The van der Waals surface area contributed by atoms with E-state index < -0.39 is 5.97 Å². The van der Waals surface area contributed by atoms with Crippen LogP contribution in [0.15, 0.2) is 77.4 Å². The minimum Gasteiger partial charge on any atom is -0.503 e. The van der Waals surface area contributed by atoms with Gasteiger partial charge in [-0.05, 0) is 34.7 Å². The lowest BCUT2D eigenvalue weighted by Gasteiger charge is -2.18. The molecule has 0 saturated carbocycles. The zero-order valence-electron chi connectivity index (χ0n) is 19.8. The number of amides is 1. The Morgan fingerprint density at radius 1 is 1.11 bits per heavy atom. The number of hydrazone groups is 1. The van der Waals surface area contributed by atoms with Gasteiger partial charge in [0.25, 0.3) is 0 Å². The third-order valence-corrected chi connectivity index (χ3v) is 6.59. The summed E-state index contributed by atoms with van der Waals surface area (Å²) in [7, 11) is 2.81. The maximum absolute atomic E-state index is 12.3. The quantitative estimate of drug-likeness (QED) is 0.247. The van der Waals surface area contributed by atoms with E-state index in [-0.39, 0.29) is 18.6 Å². The molecule has 0 saturated heterocycles. The number of esters is 1. The van der Waals surface area contributed by atoms with Crippen LogP contribution in [0.2, 0.25) is 0 Å². The van der Waals surface area contributed by atoms with Crippen molar-refractivity contribution in [2.24, 2.45) is 5.10 Å². The second-order valence-corrected chi connectivity index (χ2v) is 8.86. The molecular weight excluding hydrogens is 464 g/mol. The predicted molar refractivity (Wildman–Crippen MR) is 135 cm³/mol. The first-order valence-corrected chi connectivity index (χ1v) is 11.9. The van der Waals surface area contributed by atoms with Gasteiger partial charge >= 0.3 is 5.97 Å². The van der Waals surface area contributed by atoms with Crippen LogP contribution in [0.4, 0.5) is 0 Å². The van der Waals surface area contributed by atoms with Gasteiger partial charge in [0, 0.05) is 23.8 Å². The molecule has 35 heavy (non-hydrogen) atoms. The fourth-order valence-electron chi connectivity index (χ4n) is 3.96. The number of carbonyl (C=O) groups is 2. The second-order valence-electron chi connectivity index (χ2n) is 7.88. The molecule has 3 aromatic rings. The third-order valence-electron chi connectivity index (χ3n) is 5.61. The van der Waals surface area contributed by atoms with Crippen LogP contribution < -0.4 is 4.74 Å². The number of ether oxygens (including phenoxy) is 3. The molecule has 2 aromatic carbocycles. The molecule has 0 bridgehead atoms. The molecule has 2 heterocycles. The summed E-state index contributed by atoms with van der Waals surface area (Å²) in [5, 5.41) is 8.18. The summed E-state index contributed by atoms with van der Waals surface area (Å²) in [5.41, 5.74) is 3.53. The van der Waals surface area contributed by atoms with E-state index in [1.165, 1.54) is 27.4 Å². The zero-order valence-corrected chi connectivity index (χ0v) is 20.6. The number of hydrogen-bond donors (Lipinski definition) is 0. The lowest BCUT2D eigenvalue weighted by atomic mass is 10.0. The minimum atomic E-state index is -0.490. The Hall–Kier alpha value is -3.91. The average molecular weight is 491 g/mol. The first-order valence-electron chi connectivity index (χ1n) is 11.0. The largest absolute Gasteiger partial charge is 0.503 e. The van der Waals surface area contributed by atoms with Crippen molar-refractivity contribution in [1.82, 2.24) is 5.01 Å². The summed E-state index contributed by atoms with van der Waals surface area (Å²) >= 11 is 1.62. The molecule has 1 aliphatic rings. The van der Waals surface area contributed by atoms with E-state index >= 15 is 0 Å². The number of rotatable bonds is 8. The van der Waals surface area contributed by atoms with Gasteiger partial charge in [-0.2, -0.15) is 5.10 Å². The summed E-state index contributed by atoms with van der Waals surface area (Å²) in [6, 6.07) is 19.0. The number of methoxy groups -OCH3 is 2. The summed E-state index contributed by atoms with van der Waals surface area (Å²) in [5.74, 6) is 0.0769. The van der Waals surface area contributed by atoms with Crippen molar-refractivity contribution in [3.8, 4) is 5.75 Å². The molecule has 0 fully saturated rings. The topological polar surface area (TPSA) is 77.4 Å². The van der Waals surface area contributed by atoms with Crippen LogP contribution in [0.1, 0.15) is 41.0 Å². The van der Waals surface area contributed by atoms with E-state index in [0.29, 0.717) is 23.3 Å². The number of carbonyl (C=O) groups excluding carboxylic acids is 2. The van der Waals surface area contributed by atoms with Crippen LogP contribution in [0.5, 0.6) is 5.75 Å². The monoisotopic (exact) mass is 490 g/mol. The fourth-order valence-corrected chi connectivity index (χ4v) is 4.77. The molecule has 8 heteroatoms. The highest BCUT2D eigenvalue weighted by Crippen LogP contribution is 2.35. The number of hydrogen-bond acceptors (Lipinski definition) is 7. The highest BCUT2D eigenvalue weighted by Gasteiger charge is 2.32. The van der Waals surface area contributed by atoms with Crippen LogP contribution in [0.25, 0.3) is 5.57 Å². The molecule has 1 unspecified atom stereocenters. The van der Waals surface area contributed by atoms with E-state index in [1.54, 1.807) is 16.3 Å². The standard InChI is InChI=1S/C27H26N2O5S/c1-18(30)29-25(26-12-7-13-35-26)15-24(28-29)19-9-6-10-21(14-19)34-16-20-8-4-5-11-22(20)23(17-32-2)27(31)33-3/h4-14,17,25H,15-16H2,1-3H3/b23-17-. The van der Waals surface area contributed by atoms with Crippen LogP contribution in [0.3, 0.4) is 0 Å². The highest BCUT2D eigenvalue weighted by molar-refractivity contribution is 7.10.